The van der Waals surface area contributed by atoms with Crippen molar-refractivity contribution in [3.05, 3.63) is 0 Å². The molecule has 0 bridgehead atoms. The van der Waals surface area contributed by atoms with Crippen LogP contribution < -0.4 is 11.1 Å². The second kappa shape index (κ2) is 5.28. The van der Waals surface area contributed by atoms with E-state index >= 15 is 0 Å². The second-order valence-electron chi connectivity index (χ2n) is 5.57. The van der Waals surface area contributed by atoms with E-state index in [1.54, 1.807) is 0 Å². The number of sulfone groups is 1. The van der Waals surface area contributed by atoms with Crippen molar-refractivity contribution in [1.82, 2.24) is 4.37 Å². The Bertz CT molecular complexity index is 547. The highest BCUT2D eigenvalue weighted by Crippen LogP contribution is 2.41. The topological polar surface area (TPSA) is 85.1 Å². The maximum absolute atomic E-state index is 12.3. The van der Waals surface area contributed by atoms with Crippen LogP contribution in [0.3, 0.4) is 0 Å². The molecule has 0 saturated heterocycles. The first kappa shape index (κ1) is 14.6. The summed E-state index contributed by atoms with van der Waals surface area (Å²) in [6.45, 7) is 7.16. The lowest BCUT2D eigenvalue weighted by molar-refractivity contribution is 0.440. The molecule has 0 spiro atoms. The summed E-state index contributed by atoms with van der Waals surface area (Å²) in [5, 5.41) is 3.54. The standard InChI is InChI=1S/C12H21N3O2S2/c1-7(2)8(3)6-14-12-10(11(13)15-18-12)19(16,17)9-4-5-9/h7-9,14H,4-6H2,1-3H3,(H2,13,15). The molecule has 0 aliphatic heterocycles. The third kappa shape index (κ3) is 3.02. The van der Waals surface area contributed by atoms with E-state index in [4.69, 9.17) is 5.73 Å². The van der Waals surface area contributed by atoms with Gasteiger partial charge in [-0.3, -0.25) is 0 Å². The highest BCUT2D eigenvalue weighted by Gasteiger charge is 2.40. The quantitative estimate of drug-likeness (QED) is 0.842. The summed E-state index contributed by atoms with van der Waals surface area (Å²) < 4.78 is 28.6. The molecule has 0 amide bonds. The number of rotatable bonds is 6. The Morgan fingerprint density at radius 2 is 2.05 bits per heavy atom. The van der Waals surface area contributed by atoms with E-state index in [0.717, 1.165) is 30.9 Å². The number of nitrogens with zero attached hydrogens (tertiary/aromatic N) is 1. The molecule has 3 N–H and O–H groups in total. The molecule has 1 saturated carbocycles. The van der Waals surface area contributed by atoms with Gasteiger partial charge in [-0.2, -0.15) is 4.37 Å². The summed E-state index contributed by atoms with van der Waals surface area (Å²) in [5.74, 6) is 1.14. The van der Waals surface area contributed by atoms with Crippen molar-refractivity contribution in [2.24, 2.45) is 11.8 Å². The van der Waals surface area contributed by atoms with Crippen LogP contribution in [0.5, 0.6) is 0 Å². The van der Waals surface area contributed by atoms with Crippen LogP contribution in [0, 0.1) is 11.8 Å². The van der Waals surface area contributed by atoms with E-state index in [9.17, 15) is 8.42 Å². The summed E-state index contributed by atoms with van der Waals surface area (Å²) >= 11 is 1.14. The zero-order valence-corrected chi connectivity index (χ0v) is 13.1. The van der Waals surface area contributed by atoms with Gasteiger partial charge >= 0.3 is 0 Å². The van der Waals surface area contributed by atoms with E-state index in [-0.39, 0.29) is 16.0 Å². The third-order valence-electron chi connectivity index (χ3n) is 3.64. The molecule has 5 nitrogen and oxygen atoms in total. The zero-order chi connectivity index (χ0) is 14.2. The van der Waals surface area contributed by atoms with Gasteiger partial charge in [-0.05, 0) is 36.2 Å². The highest BCUT2D eigenvalue weighted by atomic mass is 32.2. The molecular formula is C12H21N3O2S2. The molecule has 1 aliphatic rings. The molecule has 1 atom stereocenters. The molecule has 1 aromatic heterocycles. The maximum Gasteiger partial charge on any atom is 0.187 e. The first-order valence-electron chi connectivity index (χ1n) is 6.57. The summed E-state index contributed by atoms with van der Waals surface area (Å²) in [6, 6.07) is 0. The summed E-state index contributed by atoms with van der Waals surface area (Å²) in [6.07, 6.45) is 1.47. The Hall–Kier alpha value is -0.820. The van der Waals surface area contributed by atoms with E-state index in [2.05, 4.69) is 30.5 Å². The normalized spacial score (nSPS) is 17.7. The van der Waals surface area contributed by atoms with E-state index < -0.39 is 9.84 Å². The average molecular weight is 303 g/mol. The zero-order valence-electron chi connectivity index (χ0n) is 11.5. The van der Waals surface area contributed by atoms with Crippen molar-refractivity contribution < 1.29 is 8.42 Å². The smallest absolute Gasteiger partial charge is 0.187 e. The number of anilines is 2. The highest BCUT2D eigenvalue weighted by molar-refractivity contribution is 7.92. The van der Waals surface area contributed by atoms with Crippen LogP contribution >= 0.6 is 11.5 Å². The van der Waals surface area contributed by atoms with Crippen LogP contribution in [0.15, 0.2) is 4.90 Å². The molecule has 2 rings (SSSR count). The van der Waals surface area contributed by atoms with E-state index in [0.29, 0.717) is 16.8 Å². The molecule has 1 fully saturated rings. The van der Waals surface area contributed by atoms with Gasteiger partial charge in [0, 0.05) is 6.54 Å². The second-order valence-corrected chi connectivity index (χ2v) is 8.51. The van der Waals surface area contributed by atoms with Crippen molar-refractivity contribution in [2.45, 2.75) is 43.8 Å². The lowest BCUT2D eigenvalue weighted by Gasteiger charge is -2.16. The molecule has 1 aliphatic carbocycles. The fourth-order valence-electron chi connectivity index (χ4n) is 1.72. The minimum absolute atomic E-state index is 0.136. The molecule has 1 heterocycles. The molecule has 1 aromatic rings. The predicted molar refractivity (Wildman–Crippen MR) is 79.2 cm³/mol. The number of aromatic nitrogens is 1. The number of hydrogen-bond donors (Lipinski definition) is 2. The van der Waals surface area contributed by atoms with Gasteiger partial charge < -0.3 is 11.1 Å². The SMILES string of the molecule is CC(C)C(C)CNc1snc(N)c1S(=O)(=O)C1CC1. The Kier molecular flexibility index (Phi) is 4.06. The summed E-state index contributed by atoms with van der Waals surface area (Å²) in [4.78, 5) is 0.218. The number of nitrogens with two attached hydrogens (primary N) is 1. The van der Waals surface area contributed by atoms with Gasteiger partial charge in [-0.1, -0.05) is 20.8 Å². The van der Waals surface area contributed by atoms with E-state index in [1.165, 1.54) is 0 Å². The van der Waals surface area contributed by atoms with Gasteiger partial charge in [0.15, 0.2) is 15.7 Å². The van der Waals surface area contributed by atoms with Crippen LogP contribution in [0.25, 0.3) is 0 Å². The third-order valence-corrected chi connectivity index (χ3v) is 6.92. The fourth-order valence-corrected chi connectivity index (χ4v) is 4.61. The van der Waals surface area contributed by atoms with Gasteiger partial charge in [0.25, 0.3) is 0 Å². The largest absolute Gasteiger partial charge is 0.382 e. The van der Waals surface area contributed by atoms with Crippen LogP contribution in [-0.2, 0) is 9.84 Å². The van der Waals surface area contributed by atoms with Crippen molar-refractivity contribution in [2.75, 3.05) is 17.6 Å². The first-order valence-corrected chi connectivity index (χ1v) is 8.89. The lowest BCUT2D eigenvalue weighted by atomic mass is 9.98. The first-order chi connectivity index (χ1) is 8.84. The van der Waals surface area contributed by atoms with Gasteiger partial charge in [0.2, 0.25) is 0 Å². The van der Waals surface area contributed by atoms with Crippen molar-refractivity contribution in [3.8, 4) is 0 Å². The van der Waals surface area contributed by atoms with Crippen LogP contribution in [0.4, 0.5) is 10.8 Å². The van der Waals surface area contributed by atoms with Gasteiger partial charge in [-0.25, -0.2) is 8.42 Å². The van der Waals surface area contributed by atoms with Gasteiger partial charge in [0.1, 0.15) is 9.90 Å². The molecule has 0 aromatic carbocycles. The summed E-state index contributed by atoms with van der Waals surface area (Å²) in [7, 11) is -3.29. The van der Waals surface area contributed by atoms with Crippen molar-refractivity contribution in [3.63, 3.8) is 0 Å². The molecule has 0 radical (unpaired) electrons. The Balaban J connectivity index is 2.19. The van der Waals surface area contributed by atoms with Gasteiger partial charge in [0.05, 0.1) is 5.25 Å². The molecular weight excluding hydrogens is 282 g/mol. The number of nitrogen functional groups attached to an aromatic ring is 1. The van der Waals surface area contributed by atoms with Crippen LogP contribution in [0.2, 0.25) is 0 Å². The molecule has 1 unspecified atom stereocenters. The molecule has 108 valence electrons. The number of hydrogen-bond acceptors (Lipinski definition) is 6. The Morgan fingerprint density at radius 1 is 1.42 bits per heavy atom. The minimum Gasteiger partial charge on any atom is -0.382 e. The van der Waals surface area contributed by atoms with Crippen LogP contribution in [-0.4, -0.2) is 24.6 Å². The molecule has 19 heavy (non-hydrogen) atoms. The van der Waals surface area contributed by atoms with Crippen molar-refractivity contribution >= 4 is 32.2 Å². The maximum atomic E-state index is 12.3. The molecule has 7 heteroatoms. The number of nitrogens with one attached hydrogen (secondary N) is 1. The summed E-state index contributed by atoms with van der Waals surface area (Å²) in [5.41, 5.74) is 5.74. The lowest BCUT2D eigenvalue weighted by Crippen LogP contribution is -2.18. The van der Waals surface area contributed by atoms with Crippen molar-refractivity contribution in [1.29, 1.82) is 0 Å². The fraction of sp³-hybridized carbons (Fsp3) is 0.750. The predicted octanol–water partition coefficient (Wildman–Crippen LogP) is 2.37. The van der Waals surface area contributed by atoms with Gasteiger partial charge in [-0.15, -0.1) is 0 Å². The average Bonchev–Trinajstić information content (AvgIpc) is 3.11. The Labute approximate surface area is 118 Å². The van der Waals surface area contributed by atoms with E-state index in [1.807, 2.05) is 0 Å². The Morgan fingerprint density at radius 3 is 2.58 bits per heavy atom. The monoisotopic (exact) mass is 303 g/mol. The van der Waals surface area contributed by atoms with Crippen LogP contribution in [0.1, 0.15) is 33.6 Å². The minimum atomic E-state index is -3.29.